The summed E-state index contributed by atoms with van der Waals surface area (Å²) in [5.41, 5.74) is 71.6. The number of aromatic hydroxyl groups is 2. The molecule has 4 rings (SSSR count). The molecule has 0 spiro atoms. The van der Waals surface area contributed by atoms with E-state index >= 15 is 28.8 Å². The number of fused-ring (bicyclic) bond motifs is 1. The molecule has 42 nitrogen and oxygen atoms in total. The van der Waals surface area contributed by atoms with Crippen molar-refractivity contribution < 1.29 is 72.5 Å². The molecule has 1 aromatic heterocycles. The molecular weight excluding hydrogens is 1640 g/mol. The number of carbonyl (C=O) groups excluding carboxylic acids is 13. The third-order valence-corrected chi connectivity index (χ3v) is 21.1. The molecule has 0 aliphatic rings. The van der Waals surface area contributed by atoms with Crippen LogP contribution in [0.1, 0.15) is 184 Å². The lowest BCUT2D eigenvalue weighted by Crippen LogP contribution is -2.61. The summed E-state index contributed by atoms with van der Waals surface area (Å²) in [6.45, 7) is 2.89. The van der Waals surface area contributed by atoms with Gasteiger partial charge in [-0.15, -0.1) is 0 Å². The van der Waals surface area contributed by atoms with Gasteiger partial charge in [-0.05, 0) is 253 Å². The summed E-state index contributed by atoms with van der Waals surface area (Å²) in [5.74, 6) is -11.5. The lowest BCUT2D eigenvalue weighted by Gasteiger charge is -2.29. The van der Waals surface area contributed by atoms with Gasteiger partial charge >= 0.3 is 0 Å². The highest BCUT2D eigenvalue weighted by Crippen LogP contribution is 2.22. The number of guanidine groups is 2. The molecule has 0 radical (unpaired) electrons. The summed E-state index contributed by atoms with van der Waals surface area (Å²) >= 11 is 0. The molecule has 0 bridgehead atoms. The molecule has 12 atom stereocenters. The van der Waals surface area contributed by atoms with Gasteiger partial charge in [0.15, 0.2) is 11.9 Å². The number of hydrogen-bond donors (Lipinski definition) is 27. The summed E-state index contributed by atoms with van der Waals surface area (Å²) in [6.07, 6.45) is 6.57. The average Bonchev–Trinajstić information content (AvgIpc) is 1.70. The zero-order chi connectivity index (χ0) is 93.6. The van der Waals surface area contributed by atoms with Gasteiger partial charge < -0.3 is 148 Å². The lowest BCUT2D eigenvalue weighted by atomic mass is 10.0. The Morgan fingerprint density at radius 2 is 0.535 bits per heavy atom. The molecule has 3 aromatic carbocycles. The molecule has 1 heterocycles. The molecule has 42 heteroatoms. The standard InChI is InChI=1S/C85H141N27O15/c1-52(113)101-61(23-5-12-40-87)73(117)103-62(24-6-13-41-88)74(118)104-63(25-7-14-42-89)75(119)105-64(26-8-15-43-90)76(120)106-65(27-9-16-44-91)77(121)107-66(28-10-17-45-92)78(122)108-67(29-18-46-98-84(94)95)79(123)110-70(49-54-33-37-57(115)38-34-54)82(126)111-69(48-53-31-35-56(114)36-32-53)81(125)109-68(30-19-47-99-85(96)97)80(124)112-71(50-55-51-100-59-21-3-2-20-58(55)59)83(127)102-60(72(93)116)22-4-11-39-86/h2-3,20-21,31-38,51,60-71,100,114-115H,4-19,22-30,39-50,86-92H2,1H3,(H2,93,116)(H,101,113)(H,102,127)(H,103,117)(H,104,118)(H,105,119)(H,106,120)(H,107,121)(H,108,122)(H,109,125)(H,110,123)(H,111,126)(H,112,124)(H4,94,95,98)(H4,96,97,99)/t60-,61-,62-,63-,64-,65-,66-,67-,68-,69-,70-,71-/m0/s1. The first-order valence-corrected chi connectivity index (χ1v) is 43.9. The fourth-order valence-electron chi connectivity index (χ4n) is 14.0. The number of aromatic amines is 1. The van der Waals surface area contributed by atoms with Gasteiger partial charge in [-0.1, -0.05) is 42.5 Å². The second kappa shape index (κ2) is 60.7. The zero-order valence-electron chi connectivity index (χ0n) is 73.1. The minimum atomic E-state index is -1.65. The van der Waals surface area contributed by atoms with Crippen LogP contribution in [-0.4, -0.2) is 235 Å². The molecule has 0 aliphatic carbocycles. The van der Waals surface area contributed by atoms with E-state index in [0.29, 0.717) is 118 Å². The smallest absolute Gasteiger partial charge is 0.243 e. The van der Waals surface area contributed by atoms with Gasteiger partial charge in [-0.2, -0.15) is 0 Å². The van der Waals surface area contributed by atoms with Crippen LogP contribution in [0.2, 0.25) is 0 Å². The number of phenols is 2. The predicted octanol–water partition coefficient (Wildman–Crippen LogP) is -4.06. The van der Waals surface area contributed by atoms with E-state index in [-0.39, 0.29) is 172 Å². The largest absolute Gasteiger partial charge is 0.508 e. The van der Waals surface area contributed by atoms with Crippen LogP contribution in [0, 0.1) is 0 Å². The number of primary amides is 1. The topological polar surface area (TPSA) is 759 Å². The number of amides is 13. The van der Waals surface area contributed by atoms with E-state index in [1.165, 1.54) is 55.5 Å². The van der Waals surface area contributed by atoms with Crippen LogP contribution in [0.15, 0.2) is 89.0 Å². The molecule has 0 saturated heterocycles. The Morgan fingerprint density at radius 1 is 0.299 bits per heavy atom. The van der Waals surface area contributed by atoms with Crippen LogP contribution in [0.4, 0.5) is 0 Å². The van der Waals surface area contributed by atoms with Crippen LogP contribution in [0.5, 0.6) is 11.5 Å². The summed E-state index contributed by atoms with van der Waals surface area (Å²) in [6, 6.07) is 1.81. The number of aliphatic imine (C=N–C) groups is 2. The molecule has 4 aromatic rings. The first kappa shape index (κ1) is 108. The molecule has 0 fully saturated rings. The highest BCUT2D eigenvalue weighted by atomic mass is 16.3. The van der Waals surface area contributed by atoms with E-state index in [4.69, 9.17) is 68.8 Å². The van der Waals surface area contributed by atoms with Gasteiger partial charge in [0.25, 0.3) is 0 Å². The van der Waals surface area contributed by atoms with E-state index in [1.807, 2.05) is 12.1 Å². The summed E-state index contributed by atoms with van der Waals surface area (Å²) in [5, 5.41) is 54.5. The lowest BCUT2D eigenvalue weighted by molar-refractivity contribution is -0.136. The van der Waals surface area contributed by atoms with Gasteiger partial charge in [0.05, 0.1) is 0 Å². The number of phenolic OH excluding ortho intramolecular Hbond substituents is 2. The van der Waals surface area contributed by atoms with E-state index < -0.39 is 149 Å². The van der Waals surface area contributed by atoms with Crippen molar-refractivity contribution in [1.82, 2.24) is 68.8 Å². The van der Waals surface area contributed by atoms with Crippen molar-refractivity contribution in [2.75, 3.05) is 58.9 Å². The first-order valence-electron chi connectivity index (χ1n) is 43.9. The Labute approximate surface area is 741 Å². The van der Waals surface area contributed by atoms with Gasteiger partial charge in [0.2, 0.25) is 76.8 Å². The highest BCUT2D eigenvalue weighted by molar-refractivity contribution is 6.00. The van der Waals surface area contributed by atoms with Gasteiger partial charge in [0, 0.05) is 56.4 Å². The molecular formula is C85H141N27O15. The minimum absolute atomic E-state index is 0.00483. The van der Waals surface area contributed by atoms with Crippen molar-refractivity contribution in [2.24, 2.45) is 78.8 Å². The van der Waals surface area contributed by atoms with Crippen molar-refractivity contribution in [3.8, 4) is 11.5 Å². The van der Waals surface area contributed by atoms with Gasteiger partial charge in [-0.3, -0.25) is 72.3 Å². The maximum Gasteiger partial charge on any atom is 0.243 e. The van der Waals surface area contributed by atoms with Crippen molar-refractivity contribution in [3.63, 3.8) is 0 Å². The molecule has 0 aliphatic heterocycles. The average molecular weight is 1780 g/mol. The number of aromatic nitrogens is 1. The van der Waals surface area contributed by atoms with Gasteiger partial charge in [0.1, 0.15) is 84.0 Å². The van der Waals surface area contributed by atoms with E-state index in [1.54, 1.807) is 18.3 Å². The fraction of sp³-hybridized carbons (Fsp3) is 0.588. The molecule has 13 amide bonds. The maximum atomic E-state index is 15.4. The van der Waals surface area contributed by atoms with Crippen molar-refractivity contribution in [3.05, 3.63) is 95.7 Å². The molecule has 39 N–H and O–H groups in total. The normalized spacial score (nSPS) is 14.0. The molecule has 0 unspecified atom stereocenters. The Balaban J connectivity index is 1.77. The Kier molecular flexibility index (Phi) is 51.4. The SMILES string of the molecule is CC(=O)N[C@@H](CCCCN)C(=O)N[C@@H](CCCCN)C(=O)N[C@@H](CCCCN)C(=O)N[C@@H](CCCCN)C(=O)N[C@@H](CCCCN)C(=O)N[C@@H](CCCCN)C(=O)N[C@@H](CCCN=C(N)N)C(=O)N[C@@H](Cc1ccc(O)cc1)C(=O)N[C@@H](Cc1ccc(O)cc1)C(=O)N[C@@H](CCCN=C(N)N)C(=O)N[C@@H](Cc1c[nH]c2ccccc12)C(=O)N[C@@H](CCCCN)C(N)=O. The summed E-state index contributed by atoms with van der Waals surface area (Å²) in [7, 11) is 0. The monoisotopic (exact) mass is 1780 g/mol. The number of hydrogen-bond acceptors (Lipinski definition) is 24. The fourth-order valence-corrected chi connectivity index (χ4v) is 14.0. The third-order valence-electron chi connectivity index (χ3n) is 21.1. The number of para-hydroxylation sites is 1. The van der Waals surface area contributed by atoms with Crippen molar-refractivity contribution in [1.29, 1.82) is 0 Å². The second-order valence-electron chi connectivity index (χ2n) is 31.5. The van der Waals surface area contributed by atoms with Crippen molar-refractivity contribution in [2.45, 2.75) is 259 Å². The summed E-state index contributed by atoms with van der Waals surface area (Å²) in [4.78, 5) is 200. The van der Waals surface area contributed by atoms with Crippen molar-refractivity contribution >= 4 is 99.6 Å². The number of benzene rings is 3. The number of H-pyrrole nitrogens is 1. The number of nitrogens with zero attached hydrogens (tertiary/aromatic N) is 2. The third kappa shape index (κ3) is 41.9. The van der Waals surface area contributed by atoms with Crippen LogP contribution < -0.4 is 133 Å². The first-order chi connectivity index (χ1) is 60.9. The Morgan fingerprint density at radius 3 is 0.803 bits per heavy atom. The maximum absolute atomic E-state index is 15.4. The predicted molar refractivity (Wildman–Crippen MR) is 484 cm³/mol. The minimum Gasteiger partial charge on any atom is -0.508 e. The number of rotatable bonds is 66. The highest BCUT2D eigenvalue weighted by Gasteiger charge is 2.38. The van der Waals surface area contributed by atoms with Crippen LogP contribution >= 0.6 is 0 Å². The Hall–Kier alpha value is -11.8. The van der Waals surface area contributed by atoms with Crippen LogP contribution in [0.25, 0.3) is 10.9 Å². The number of nitrogens with one attached hydrogen (secondary N) is 13. The second-order valence-corrected chi connectivity index (χ2v) is 31.5. The van der Waals surface area contributed by atoms with Gasteiger partial charge in [-0.25, -0.2) is 0 Å². The summed E-state index contributed by atoms with van der Waals surface area (Å²) < 4.78 is 0. The van der Waals surface area contributed by atoms with Crippen LogP contribution in [0.3, 0.4) is 0 Å². The van der Waals surface area contributed by atoms with E-state index in [2.05, 4.69) is 78.8 Å². The number of nitrogens with two attached hydrogens (primary N) is 12. The molecule has 127 heavy (non-hydrogen) atoms. The number of carbonyl (C=O) groups is 13. The zero-order valence-corrected chi connectivity index (χ0v) is 73.1. The molecule has 0 saturated carbocycles. The van der Waals surface area contributed by atoms with Crippen LogP contribution in [-0.2, 0) is 81.6 Å². The quantitative estimate of drug-likeness (QED) is 0.0114. The number of unbranched alkanes of at least 4 members (excludes halogenated alkanes) is 7. The molecule has 706 valence electrons. The Bertz CT molecular complexity index is 4130. The van der Waals surface area contributed by atoms with E-state index in [9.17, 15) is 43.8 Å². The van der Waals surface area contributed by atoms with E-state index in [0.717, 1.165) is 0 Å².